The second-order valence-electron chi connectivity index (χ2n) is 16.4. The van der Waals surface area contributed by atoms with Gasteiger partial charge >= 0.3 is 0 Å². The van der Waals surface area contributed by atoms with Gasteiger partial charge in [0.2, 0.25) is 0 Å². The molecule has 4 aliphatic carbocycles. The summed E-state index contributed by atoms with van der Waals surface area (Å²) in [4.78, 5) is 0. The SMILES string of the molecule is CC1C[C@H]2C(c3ccc(C(C)(C)C)cc3)=CC=CC2C1CCC1C(C)C[C@H]2C(c3ccc(C(C)(C)C)cc3)=CC=CC12. The van der Waals surface area contributed by atoms with Crippen molar-refractivity contribution in [2.45, 2.75) is 91.9 Å². The van der Waals surface area contributed by atoms with Crippen molar-refractivity contribution in [2.75, 3.05) is 0 Å². The number of allylic oxidation sites excluding steroid dienone is 8. The van der Waals surface area contributed by atoms with Crippen LogP contribution in [0.5, 0.6) is 0 Å². The Labute approximate surface area is 257 Å². The Balaban J connectivity index is 1.13. The maximum atomic E-state index is 2.56. The monoisotopic (exact) mass is 558 g/mol. The minimum atomic E-state index is 0.201. The van der Waals surface area contributed by atoms with Crippen molar-refractivity contribution in [2.24, 2.45) is 47.3 Å². The quantitative estimate of drug-likeness (QED) is 0.342. The highest BCUT2D eigenvalue weighted by atomic mass is 14.5. The molecule has 0 aromatic heterocycles. The zero-order valence-electron chi connectivity index (χ0n) is 27.5. The molecule has 0 nitrogen and oxygen atoms in total. The van der Waals surface area contributed by atoms with E-state index in [9.17, 15) is 0 Å². The summed E-state index contributed by atoms with van der Waals surface area (Å²) < 4.78 is 0. The van der Waals surface area contributed by atoms with Crippen LogP contribution in [0.2, 0.25) is 0 Å². The molecule has 0 saturated heterocycles. The third kappa shape index (κ3) is 5.56. The number of rotatable bonds is 5. The maximum absolute atomic E-state index is 2.56. The third-order valence-electron chi connectivity index (χ3n) is 11.7. The van der Waals surface area contributed by atoms with E-state index in [0.29, 0.717) is 23.7 Å². The van der Waals surface area contributed by atoms with Crippen LogP contribution in [0.1, 0.15) is 103 Å². The van der Waals surface area contributed by atoms with Crippen molar-refractivity contribution in [3.05, 3.63) is 107 Å². The highest BCUT2D eigenvalue weighted by Gasteiger charge is 2.45. The normalized spacial score (nSPS) is 32.4. The van der Waals surface area contributed by atoms with Crippen LogP contribution in [0.3, 0.4) is 0 Å². The third-order valence-corrected chi connectivity index (χ3v) is 11.7. The molecule has 0 heterocycles. The van der Waals surface area contributed by atoms with Crippen LogP contribution in [0.15, 0.2) is 85.0 Å². The van der Waals surface area contributed by atoms with E-state index in [-0.39, 0.29) is 10.8 Å². The van der Waals surface area contributed by atoms with Crippen molar-refractivity contribution < 1.29 is 0 Å². The summed E-state index contributed by atoms with van der Waals surface area (Å²) >= 11 is 0. The zero-order chi connectivity index (χ0) is 29.8. The molecular weight excluding hydrogens is 504 g/mol. The average molecular weight is 559 g/mol. The number of fused-ring (bicyclic) bond motifs is 2. The van der Waals surface area contributed by atoms with Crippen LogP contribution in [0.4, 0.5) is 0 Å². The largest absolute Gasteiger partial charge is 0.0805 e. The molecule has 4 aliphatic rings. The Kier molecular flexibility index (Phi) is 7.83. The molecular formula is C42H54. The number of benzene rings is 2. The summed E-state index contributed by atoms with van der Waals surface area (Å²) in [5.74, 6) is 5.87. The highest BCUT2D eigenvalue weighted by molar-refractivity contribution is 5.72. The maximum Gasteiger partial charge on any atom is -0.00876 e. The lowest BCUT2D eigenvalue weighted by molar-refractivity contribution is 0.260. The van der Waals surface area contributed by atoms with Crippen molar-refractivity contribution >= 4 is 11.1 Å². The standard InChI is InChI=1S/C42H54/c1-27-25-39-35(29-15-19-31(20-16-29)41(3,4)5)11-9-13-37(39)33(27)23-24-34-28(2)26-40-36(12-10-14-38(34)40)30-17-21-32(22-18-30)42(6,7)8/h9-22,27-28,33-34,37-40H,23-26H2,1-8H3/t27?,28?,33?,34?,37?,38?,39-,40-/m0/s1. The minimum absolute atomic E-state index is 0.201. The second kappa shape index (κ2) is 11.2. The van der Waals surface area contributed by atoms with Gasteiger partial charge in [-0.1, -0.05) is 140 Å². The lowest BCUT2D eigenvalue weighted by Gasteiger charge is -2.31. The molecule has 0 radical (unpaired) electrons. The highest BCUT2D eigenvalue weighted by Crippen LogP contribution is 2.55. The molecule has 8 atom stereocenters. The predicted octanol–water partition coefficient (Wildman–Crippen LogP) is 11.4. The van der Waals surface area contributed by atoms with Crippen LogP contribution in [0.25, 0.3) is 11.1 Å². The van der Waals surface area contributed by atoms with Gasteiger partial charge < -0.3 is 0 Å². The molecule has 0 spiro atoms. The molecule has 42 heavy (non-hydrogen) atoms. The van der Waals surface area contributed by atoms with E-state index >= 15 is 0 Å². The lowest BCUT2D eigenvalue weighted by Crippen LogP contribution is -2.22. The van der Waals surface area contributed by atoms with Gasteiger partial charge in [-0.3, -0.25) is 0 Å². The molecule has 2 saturated carbocycles. The van der Waals surface area contributed by atoms with E-state index in [2.05, 4.69) is 140 Å². The Hall–Kier alpha value is -2.60. The Bertz CT molecular complexity index is 1270. The molecule has 0 aliphatic heterocycles. The zero-order valence-corrected chi connectivity index (χ0v) is 27.5. The summed E-state index contributed by atoms with van der Waals surface area (Å²) in [6, 6.07) is 19.0. The van der Waals surface area contributed by atoms with Crippen LogP contribution < -0.4 is 0 Å². The van der Waals surface area contributed by atoms with Crippen molar-refractivity contribution in [3.63, 3.8) is 0 Å². The molecule has 6 unspecified atom stereocenters. The van der Waals surface area contributed by atoms with Crippen LogP contribution >= 0.6 is 0 Å². The van der Waals surface area contributed by atoms with Gasteiger partial charge in [0, 0.05) is 0 Å². The fourth-order valence-corrected chi connectivity index (χ4v) is 9.15. The first-order chi connectivity index (χ1) is 19.9. The Morgan fingerprint density at radius 3 is 1.24 bits per heavy atom. The fourth-order valence-electron chi connectivity index (χ4n) is 9.15. The van der Waals surface area contributed by atoms with Gasteiger partial charge in [0.25, 0.3) is 0 Å². The summed E-state index contributed by atoms with van der Waals surface area (Å²) in [7, 11) is 0. The molecule has 2 aromatic carbocycles. The molecule has 222 valence electrons. The molecule has 0 heteroatoms. The van der Waals surface area contributed by atoms with Crippen LogP contribution in [0, 0.1) is 47.3 Å². The number of hydrogen-bond donors (Lipinski definition) is 0. The van der Waals surface area contributed by atoms with E-state index in [4.69, 9.17) is 0 Å². The summed E-state index contributed by atoms with van der Waals surface area (Å²) in [6.45, 7) is 18.9. The Morgan fingerprint density at radius 2 is 0.905 bits per heavy atom. The topological polar surface area (TPSA) is 0 Å². The minimum Gasteiger partial charge on any atom is -0.0805 e. The summed E-state index contributed by atoms with van der Waals surface area (Å²) in [6.07, 6.45) is 20.1. The van der Waals surface area contributed by atoms with Crippen LogP contribution in [-0.2, 0) is 10.8 Å². The van der Waals surface area contributed by atoms with Gasteiger partial charge in [-0.05, 0) is 117 Å². The first kappa shape index (κ1) is 29.5. The second-order valence-corrected chi connectivity index (χ2v) is 16.4. The van der Waals surface area contributed by atoms with E-state index in [1.807, 2.05) is 0 Å². The van der Waals surface area contributed by atoms with Gasteiger partial charge in [-0.25, -0.2) is 0 Å². The summed E-state index contributed by atoms with van der Waals surface area (Å²) in [5, 5.41) is 0. The van der Waals surface area contributed by atoms with E-state index in [1.54, 1.807) is 11.1 Å². The van der Waals surface area contributed by atoms with Gasteiger partial charge in [0.15, 0.2) is 0 Å². The average Bonchev–Trinajstić information content (AvgIpc) is 3.45. The molecule has 0 N–H and O–H groups in total. The summed E-state index contributed by atoms with van der Waals surface area (Å²) in [5.41, 5.74) is 9.27. The van der Waals surface area contributed by atoms with Crippen LogP contribution in [-0.4, -0.2) is 0 Å². The van der Waals surface area contributed by atoms with Gasteiger partial charge in [0.05, 0.1) is 0 Å². The van der Waals surface area contributed by atoms with Crippen molar-refractivity contribution in [1.82, 2.24) is 0 Å². The first-order valence-electron chi connectivity index (χ1n) is 16.9. The van der Waals surface area contributed by atoms with Gasteiger partial charge in [0.1, 0.15) is 0 Å². The van der Waals surface area contributed by atoms with Gasteiger partial charge in [-0.2, -0.15) is 0 Å². The molecule has 0 amide bonds. The van der Waals surface area contributed by atoms with Crippen molar-refractivity contribution in [1.29, 1.82) is 0 Å². The lowest BCUT2D eigenvalue weighted by atomic mass is 9.73. The fraction of sp³-hybridized carbons (Fsp3) is 0.524. The van der Waals surface area contributed by atoms with E-state index in [1.165, 1.54) is 47.9 Å². The molecule has 6 rings (SSSR count). The predicted molar refractivity (Wildman–Crippen MR) is 182 cm³/mol. The Morgan fingerprint density at radius 1 is 0.548 bits per heavy atom. The van der Waals surface area contributed by atoms with E-state index in [0.717, 1.165) is 23.7 Å². The van der Waals surface area contributed by atoms with Gasteiger partial charge in [-0.15, -0.1) is 0 Å². The smallest absolute Gasteiger partial charge is 0.00876 e. The molecule has 0 bridgehead atoms. The number of hydrogen-bond acceptors (Lipinski definition) is 0. The van der Waals surface area contributed by atoms with E-state index < -0.39 is 0 Å². The first-order valence-corrected chi connectivity index (χ1v) is 16.9. The molecule has 2 aromatic rings. The van der Waals surface area contributed by atoms with Crippen molar-refractivity contribution in [3.8, 4) is 0 Å². The molecule has 2 fully saturated rings.